The smallest absolute Gasteiger partial charge is 0.0904 e. The largest absolute Gasteiger partial charge is 0.308 e. The molecule has 0 aliphatic rings. The molecule has 3 aromatic heterocycles. The summed E-state index contributed by atoms with van der Waals surface area (Å²) in [5.41, 5.74) is 5.63. The normalized spacial score (nSPS) is 11.9. The van der Waals surface area contributed by atoms with Crippen LogP contribution < -0.4 is 0 Å². The third-order valence-corrected chi connectivity index (χ3v) is 4.62. The number of allylic oxidation sites excluding steroid dienone is 2. The Morgan fingerprint density at radius 2 is 2.21 bits per heavy atom. The van der Waals surface area contributed by atoms with E-state index in [1.165, 1.54) is 6.21 Å². The Balaban J connectivity index is 2.21. The van der Waals surface area contributed by atoms with Crippen LogP contribution in [-0.2, 0) is 0 Å². The molecule has 0 aromatic carbocycles. The maximum absolute atomic E-state index is 7.42. The van der Waals surface area contributed by atoms with Crippen LogP contribution in [0.1, 0.15) is 12.6 Å². The second-order valence-electron chi connectivity index (χ2n) is 3.95. The summed E-state index contributed by atoms with van der Waals surface area (Å²) < 4.78 is 1.16. The highest BCUT2D eigenvalue weighted by atomic mass is 32.1. The zero-order chi connectivity index (χ0) is 13.2. The van der Waals surface area contributed by atoms with Crippen LogP contribution in [0.25, 0.3) is 26.2 Å². The maximum Gasteiger partial charge on any atom is 0.0904 e. The third kappa shape index (κ3) is 2.11. The van der Waals surface area contributed by atoms with Gasteiger partial charge in [0.05, 0.1) is 26.3 Å². The van der Waals surface area contributed by atoms with E-state index in [-0.39, 0.29) is 0 Å². The molecule has 0 saturated carbocycles. The fraction of sp³-hybridized carbons (Fsp3) is 0.0714. The molecule has 0 aliphatic heterocycles. The lowest BCUT2D eigenvalue weighted by Gasteiger charge is -2.01. The van der Waals surface area contributed by atoms with Gasteiger partial charge >= 0.3 is 0 Å². The Hall–Kier alpha value is -1.85. The van der Waals surface area contributed by atoms with Gasteiger partial charge in [0.2, 0.25) is 0 Å². The van der Waals surface area contributed by atoms with Gasteiger partial charge in [0.25, 0.3) is 0 Å². The van der Waals surface area contributed by atoms with E-state index >= 15 is 0 Å². The SMILES string of the molecule is C/C=C(\C=N)c1ccc2scc(-c3cncs3)c2n1. The lowest BCUT2D eigenvalue weighted by molar-refractivity contribution is 1.36. The van der Waals surface area contributed by atoms with Gasteiger partial charge in [-0.05, 0) is 19.1 Å². The van der Waals surface area contributed by atoms with Crippen molar-refractivity contribution < 1.29 is 0 Å². The average molecular weight is 285 g/mol. The van der Waals surface area contributed by atoms with Gasteiger partial charge in [0.15, 0.2) is 0 Å². The number of fused-ring (bicyclic) bond motifs is 1. The standard InChI is InChI=1S/C14H11N3S2/c1-2-9(5-15)11-3-4-12-14(17-11)10(7-18-12)13-6-16-8-19-13/h2-8,15H,1H3/b9-2+,15-5?. The summed E-state index contributed by atoms with van der Waals surface area (Å²) in [5.74, 6) is 0. The van der Waals surface area contributed by atoms with Crippen molar-refractivity contribution in [1.29, 1.82) is 5.41 Å². The Morgan fingerprint density at radius 3 is 2.89 bits per heavy atom. The van der Waals surface area contributed by atoms with Crippen molar-refractivity contribution in [2.75, 3.05) is 0 Å². The molecule has 3 rings (SSSR count). The zero-order valence-corrected chi connectivity index (χ0v) is 11.9. The maximum atomic E-state index is 7.42. The minimum atomic E-state index is 0.836. The molecule has 5 heteroatoms. The second kappa shape index (κ2) is 5.03. The molecule has 0 radical (unpaired) electrons. The van der Waals surface area contributed by atoms with E-state index < -0.39 is 0 Å². The van der Waals surface area contributed by atoms with Crippen molar-refractivity contribution in [3.05, 3.63) is 41.0 Å². The first kappa shape index (κ1) is 12.2. The summed E-state index contributed by atoms with van der Waals surface area (Å²) in [4.78, 5) is 9.96. The van der Waals surface area contributed by atoms with E-state index in [0.29, 0.717) is 0 Å². The molecular formula is C14H11N3S2. The molecule has 19 heavy (non-hydrogen) atoms. The van der Waals surface area contributed by atoms with E-state index in [9.17, 15) is 0 Å². The number of hydrogen-bond donors (Lipinski definition) is 1. The zero-order valence-electron chi connectivity index (χ0n) is 10.3. The Morgan fingerprint density at radius 1 is 1.32 bits per heavy atom. The van der Waals surface area contributed by atoms with Crippen LogP contribution in [-0.4, -0.2) is 16.2 Å². The monoisotopic (exact) mass is 285 g/mol. The van der Waals surface area contributed by atoms with Crippen LogP contribution in [0.3, 0.4) is 0 Å². The molecular weight excluding hydrogens is 274 g/mol. The molecule has 0 unspecified atom stereocenters. The highest BCUT2D eigenvalue weighted by molar-refractivity contribution is 7.18. The minimum Gasteiger partial charge on any atom is -0.308 e. The van der Waals surface area contributed by atoms with Crippen molar-refractivity contribution >= 4 is 44.7 Å². The van der Waals surface area contributed by atoms with Crippen molar-refractivity contribution in [3.63, 3.8) is 0 Å². The van der Waals surface area contributed by atoms with E-state index in [0.717, 1.165) is 31.9 Å². The topological polar surface area (TPSA) is 49.6 Å². The lowest BCUT2D eigenvalue weighted by atomic mass is 10.1. The first-order valence-electron chi connectivity index (χ1n) is 5.77. The van der Waals surface area contributed by atoms with E-state index in [1.54, 1.807) is 22.7 Å². The fourth-order valence-electron chi connectivity index (χ4n) is 1.90. The molecule has 94 valence electrons. The predicted octanol–water partition coefficient (Wildman–Crippen LogP) is 4.47. The summed E-state index contributed by atoms with van der Waals surface area (Å²) in [6, 6.07) is 4.04. The molecule has 0 atom stereocenters. The lowest BCUT2D eigenvalue weighted by Crippen LogP contribution is -1.89. The van der Waals surface area contributed by atoms with Gasteiger partial charge in [0.1, 0.15) is 0 Å². The van der Waals surface area contributed by atoms with Gasteiger partial charge in [-0.3, -0.25) is 4.98 Å². The second-order valence-corrected chi connectivity index (χ2v) is 5.74. The highest BCUT2D eigenvalue weighted by Gasteiger charge is 2.10. The summed E-state index contributed by atoms with van der Waals surface area (Å²) in [6.45, 7) is 1.92. The number of thiophene rings is 1. The van der Waals surface area contributed by atoms with Gasteiger partial charge in [0, 0.05) is 28.9 Å². The number of hydrogen-bond acceptors (Lipinski definition) is 5. The van der Waals surface area contributed by atoms with Gasteiger partial charge in [-0.2, -0.15) is 0 Å². The molecule has 0 aliphatic carbocycles. The molecule has 0 fully saturated rings. The fourth-order valence-corrected chi connectivity index (χ4v) is 3.51. The van der Waals surface area contributed by atoms with E-state index in [1.807, 2.05) is 30.8 Å². The molecule has 0 spiro atoms. The van der Waals surface area contributed by atoms with Gasteiger partial charge in [-0.25, -0.2) is 4.98 Å². The quantitative estimate of drug-likeness (QED) is 0.722. The molecule has 0 saturated heterocycles. The summed E-state index contributed by atoms with van der Waals surface area (Å²) >= 11 is 3.30. The summed E-state index contributed by atoms with van der Waals surface area (Å²) in [7, 11) is 0. The number of thiazole rings is 1. The highest BCUT2D eigenvalue weighted by Crippen LogP contribution is 2.35. The van der Waals surface area contributed by atoms with Crippen molar-refractivity contribution in [2.45, 2.75) is 6.92 Å². The average Bonchev–Trinajstić information content (AvgIpc) is 3.08. The van der Waals surface area contributed by atoms with Crippen LogP contribution in [0, 0.1) is 5.41 Å². The summed E-state index contributed by atoms with van der Waals surface area (Å²) in [6.07, 6.45) is 5.11. The number of aromatic nitrogens is 2. The van der Waals surface area contributed by atoms with Crippen LogP contribution in [0.2, 0.25) is 0 Å². The molecule has 3 nitrogen and oxygen atoms in total. The van der Waals surface area contributed by atoms with Crippen LogP contribution in [0.5, 0.6) is 0 Å². The summed E-state index contributed by atoms with van der Waals surface area (Å²) in [5, 5.41) is 9.54. The van der Waals surface area contributed by atoms with Gasteiger partial charge < -0.3 is 5.41 Å². The first-order valence-corrected chi connectivity index (χ1v) is 7.53. The number of nitrogens with zero attached hydrogens (tertiary/aromatic N) is 2. The number of rotatable bonds is 3. The Labute approximate surface area is 118 Å². The number of pyridine rings is 1. The first-order chi connectivity index (χ1) is 9.33. The third-order valence-electron chi connectivity index (χ3n) is 2.88. The van der Waals surface area contributed by atoms with Gasteiger partial charge in [-0.1, -0.05) is 6.08 Å². The molecule has 3 heterocycles. The van der Waals surface area contributed by atoms with Crippen molar-refractivity contribution in [3.8, 4) is 10.4 Å². The van der Waals surface area contributed by atoms with Crippen LogP contribution in [0.4, 0.5) is 0 Å². The molecule has 0 amide bonds. The van der Waals surface area contributed by atoms with Gasteiger partial charge in [-0.15, -0.1) is 22.7 Å². The van der Waals surface area contributed by atoms with Crippen molar-refractivity contribution in [1.82, 2.24) is 9.97 Å². The molecule has 3 aromatic rings. The van der Waals surface area contributed by atoms with E-state index in [4.69, 9.17) is 10.4 Å². The predicted molar refractivity (Wildman–Crippen MR) is 83.2 cm³/mol. The molecule has 0 bridgehead atoms. The Bertz CT molecular complexity index is 754. The number of nitrogens with one attached hydrogen (secondary N) is 1. The minimum absolute atomic E-state index is 0.836. The van der Waals surface area contributed by atoms with Crippen molar-refractivity contribution in [2.24, 2.45) is 0 Å². The molecule has 1 N–H and O–H groups in total. The van der Waals surface area contributed by atoms with E-state index in [2.05, 4.69) is 16.4 Å². The Kier molecular flexibility index (Phi) is 3.23. The van der Waals surface area contributed by atoms with Crippen LogP contribution in [0.15, 0.2) is 35.3 Å². The van der Waals surface area contributed by atoms with Crippen LogP contribution >= 0.6 is 22.7 Å².